The summed E-state index contributed by atoms with van der Waals surface area (Å²) in [5.41, 5.74) is 6.74. The molecule has 2 heteroatoms. The monoisotopic (exact) mass is 193 g/mol. The Bertz CT molecular complexity index is 243. The van der Waals surface area contributed by atoms with Crippen LogP contribution < -0.4 is 10.5 Å². The average Bonchev–Trinajstić information content (AvgIpc) is 2.25. The average molecular weight is 193 g/mol. The van der Waals surface area contributed by atoms with E-state index in [4.69, 9.17) is 10.5 Å². The highest BCUT2D eigenvalue weighted by Crippen LogP contribution is 2.12. The van der Waals surface area contributed by atoms with Crippen molar-refractivity contribution in [3.05, 3.63) is 29.8 Å². The van der Waals surface area contributed by atoms with Gasteiger partial charge in [0.1, 0.15) is 5.75 Å². The van der Waals surface area contributed by atoms with Gasteiger partial charge in [-0.3, -0.25) is 0 Å². The Morgan fingerprint density at radius 2 is 1.86 bits per heavy atom. The molecule has 0 bridgehead atoms. The van der Waals surface area contributed by atoms with Crippen LogP contribution in [0.5, 0.6) is 5.75 Å². The SMILES string of the molecule is CCc1ccc(OCCCCN)cc1. The van der Waals surface area contributed by atoms with E-state index in [0.29, 0.717) is 0 Å². The Morgan fingerprint density at radius 3 is 2.43 bits per heavy atom. The molecule has 14 heavy (non-hydrogen) atoms. The minimum absolute atomic E-state index is 0.748. The first kappa shape index (κ1) is 11.1. The summed E-state index contributed by atoms with van der Waals surface area (Å²) in [5.74, 6) is 0.958. The third kappa shape index (κ3) is 3.79. The van der Waals surface area contributed by atoms with Gasteiger partial charge in [0.15, 0.2) is 0 Å². The molecule has 0 radical (unpaired) electrons. The normalized spacial score (nSPS) is 10.1. The van der Waals surface area contributed by atoms with E-state index in [1.54, 1.807) is 0 Å². The van der Waals surface area contributed by atoms with Crippen molar-refractivity contribution in [1.29, 1.82) is 0 Å². The second-order valence-electron chi connectivity index (χ2n) is 3.34. The number of rotatable bonds is 6. The lowest BCUT2D eigenvalue weighted by atomic mass is 10.2. The van der Waals surface area contributed by atoms with Crippen LogP contribution in [-0.2, 0) is 6.42 Å². The molecule has 0 aliphatic rings. The van der Waals surface area contributed by atoms with Crippen molar-refractivity contribution in [3.63, 3.8) is 0 Å². The highest BCUT2D eigenvalue weighted by atomic mass is 16.5. The van der Waals surface area contributed by atoms with Crippen molar-refractivity contribution in [3.8, 4) is 5.75 Å². The predicted octanol–water partition coefficient (Wildman–Crippen LogP) is 2.37. The van der Waals surface area contributed by atoms with E-state index in [-0.39, 0.29) is 0 Å². The molecule has 0 unspecified atom stereocenters. The van der Waals surface area contributed by atoms with Crippen LogP contribution in [0.15, 0.2) is 24.3 Å². The molecular weight excluding hydrogens is 174 g/mol. The minimum Gasteiger partial charge on any atom is -0.494 e. The highest BCUT2D eigenvalue weighted by molar-refractivity contribution is 5.27. The van der Waals surface area contributed by atoms with Gasteiger partial charge in [0.25, 0.3) is 0 Å². The molecule has 0 aliphatic carbocycles. The summed E-state index contributed by atoms with van der Waals surface area (Å²) in [7, 11) is 0. The first-order valence-corrected chi connectivity index (χ1v) is 5.28. The Labute approximate surface area is 86.1 Å². The van der Waals surface area contributed by atoms with Crippen LogP contribution in [0.3, 0.4) is 0 Å². The Morgan fingerprint density at radius 1 is 1.14 bits per heavy atom. The van der Waals surface area contributed by atoms with Gasteiger partial charge in [-0.2, -0.15) is 0 Å². The molecule has 0 fully saturated rings. The molecule has 0 aromatic heterocycles. The summed E-state index contributed by atoms with van der Waals surface area (Å²) >= 11 is 0. The van der Waals surface area contributed by atoms with Gasteiger partial charge >= 0.3 is 0 Å². The second-order valence-corrected chi connectivity index (χ2v) is 3.34. The molecule has 0 saturated carbocycles. The third-order valence-electron chi connectivity index (χ3n) is 2.20. The van der Waals surface area contributed by atoms with E-state index in [1.807, 2.05) is 12.1 Å². The van der Waals surface area contributed by atoms with Crippen LogP contribution in [-0.4, -0.2) is 13.2 Å². The van der Waals surface area contributed by atoms with Crippen molar-refractivity contribution in [1.82, 2.24) is 0 Å². The van der Waals surface area contributed by atoms with Crippen LogP contribution in [0.2, 0.25) is 0 Å². The van der Waals surface area contributed by atoms with Crippen LogP contribution in [0.25, 0.3) is 0 Å². The molecule has 2 nitrogen and oxygen atoms in total. The summed E-state index contributed by atoms with van der Waals surface area (Å²) in [4.78, 5) is 0. The fourth-order valence-electron chi connectivity index (χ4n) is 1.26. The maximum atomic E-state index is 5.55. The standard InChI is InChI=1S/C12H19NO/c1-2-11-5-7-12(8-6-11)14-10-4-3-9-13/h5-8H,2-4,9-10,13H2,1H3. The lowest BCUT2D eigenvalue weighted by molar-refractivity contribution is 0.308. The van der Waals surface area contributed by atoms with Crippen LogP contribution >= 0.6 is 0 Å². The van der Waals surface area contributed by atoms with E-state index in [9.17, 15) is 0 Å². The quantitative estimate of drug-likeness (QED) is 0.704. The van der Waals surface area contributed by atoms with Gasteiger partial charge < -0.3 is 10.5 Å². The highest BCUT2D eigenvalue weighted by Gasteiger charge is 1.93. The fraction of sp³-hybridized carbons (Fsp3) is 0.500. The number of aryl methyl sites for hydroxylation is 1. The third-order valence-corrected chi connectivity index (χ3v) is 2.20. The molecule has 0 aliphatic heterocycles. The van der Waals surface area contributed by atoms with Gasteiger partial charge in [-0.05, 0) is 43.5 Å². The van der Waals surface area contributed by atoms with Gasteiger partial charge in [-0.1, -0.05) is 19.1 Å². The Balaban J connectivity index is 2.29. The Hall–Kier alpha value is -1.02. The lowest BCUT2D eigenvalue weighted by Gasteiger charge is -2.05. The van der Waals surface area contributed by atoms with E-state index in [0.717, 1.165) is 38.2 Å². The molecule has 0 heterocycles. The van der Waals surface area contributed by atoms with Crippen LogP contribution in [0, 0.1) is 0 Å². The topological polar surface area (TPSA) is 35.2 Å². The molecule has 1 aromatic carbocycles. The van der Waals surface area contributed by atoms with Gasteiger partial charge in [-0.15, -0.1) is 0 Å². The maximum absolute atomic E-state index is 5.55. The van der Waals surface area contributed by atoms with Gasteiger partial charge in [0.05, 0.1) is 6.61 Å². The van der Waals surface area contributed by atoms with Gasteiger partial charge in [0, 0.05) is 0 Å². The molecule has 0 saturated heterocycles. The summed E-state index contributed by atoms with van der Waals surface area (Å²) in [5, 5.41) is 0. The molecule has 1 rings (SSSR count). The summed E-state index contributed by atoms with van der Waals surface area (Å²) < 4.78 is 5.55. The van der Waals surface area contributed by atoms with Gasteiger partial charge in [-0.25, -0.2) is 0 Å². The number of ether oxygens (including phenoxy) is 1. The zero-order valence-corrected chi connectivity index (χ0v) is 8.83. The summed E-state index contributed by atoms with van der Waals surface area (Å²) in [6, 6.07) is 8.28. The number of nitrogens with two attached hydrogens (primary N) is 1. The van der Waals surface area contributed by atoms with Crippen molar-refractivity contribution in [2.75, 3.05) is 13.2 Å². The van der Waals surface area contributed by atoms with Crippen molar-refractivity contribution >= 4 is 0 Å². The van der Waals surface area contributed by atoms with E-state index >= 15 is 0 Å². The molecular formula is C12H19NO. The second kappa shape index (κ2) is 6.44. The lowest BCUT2D eigenvalue weighted by Crippen LogP contribution is -2.03. The van der Waals surface area contributed by atoms with Crippen LogP contribution in [0.4, 0.5) is 0 Å². The zero-order chi connectivity index (χ0) is 10.2. The number of hydrogen-bond donors (Lipinski definition) is 1. The molecule has 0 spiro atoms. The smallest absolute Gasteiger partial charge is 0.119 e. The van der Waals surface area contributed by atoms with E-state index in [1.165, 1.54) is 5.56 Å². The van der Waals surface area contributed by atoms with E-state index in [2.05, 4.69) is 19.1 Å². The molecule has 0 atom stereocenters. The largest absolute Gasteiger partial charge is 0.494 e. The zero-order valence-electron chi connectivity index (χ0n) is 8.83. The molecule has 2 N–H and O–H groups in total. The molecule has 0 amide bonds. The summed E-state index contributed by atoms with van der Waals surface area (Å²) in [6.45, 7) is 3.66. The number of benzene rings is 1. The first-order valence-electron chi connectivity index (χ1n) is 5.28. The minimum atomic E-state index is 0.748. The van der Waals surface area contributed by atoms with Crippen molar-refractivity contribution < 1.29 is 4.74 Å². The fourth-order valence-corrected chi connectivity index (χ4v) is 1.26. The first-order chi connectivity index (χ1) is 6.86. The number of unbranched alkanes of at least 4 members (excludes halogenated alkanes) is 1. The Kier molecular flexibility index (Phi) is 5.08. The van der Waals surface area contributed by atoms with Crippen molar-refractivity contribution in [2.24, 2.45) is 5.73 Å². The molecule has 78 valence electrons. The number of hydrogen-bond acceptors (Lipinski definition) is 2. The van der Waals surface area contributed by atoms with Gasteiger partial charge in [0.2, 0.25) is 0 Å². The summed E-state index contributed by atoms with van der Waals surface area (Å²) in [6.07, 6.45) is 3.15. The van der Waals surface area contributed by atoms with Crippen LogP contribution in [0.1, 0.15) is 25.3 Å². The molecule has 1 aromatic rings. The maximum Gasteiger partial charge on any atom is 0.119 e. The van der Waals surface area contributed by atoms with Crippen molar-refractivity contribution in [2.45, 2.75) is 26.2 Å². The predicted molar refractivity (Wildman–Crippen MR) is 59.6 cm³/mol. The van der Waals surface area contributed by atoms with E-state index < -0.39 is 0 Å².